The second kappa shape index (κ2) is 8.51. The van der Waals surface area contributed by atoms with E-state index in [1.807, 2.05) is 38.1 Å². The number of nitrogens with one attached hydrogen (secondary N) is 1. The van der Waals surface area contributed by atoms with Crippen LogP contribution in [0, 0.1) is 19.8 Å². The summed E-state index contributed by atoms with van der Waals surface area (Å²) in [5.41, 5.74) is 2.75. The number of carboxylic acid groups (broad SMARTS) is 1. The number of amides is 1. The molecule has 2 aromatic rings. The largest absolute Gasteiger partial charge is 0.494 e. The zero-order chi connectivity index (χ0) is 19.3. The first-order valence-electron chi connectivity index (χ1n) is 8.56. The Bertz CT molecular complexity index is 781. The minimum absolute atomic E-state index is 0.0507. The molecule has 0 radical (unpaired) electrons. The number of hydrogen-bond donors (Lipinski definition) is 2. The zero-order valence-electron chi connectivity index (χ0n) is 15.6. The fourth-order valence-electron chi connectivity index (χ4n) is 2.83. The lowest BCUT2D eigenvalue weighted by Crippen LogP contribution is -2.34. The summed E-state index contributed by atoms with van der Waals surface area (Å²) in [6.45, 7) is 6.11. The summed E-state index contributed by atoms with van der Waals surface area (Å²) in [7, 11) is 1.77. The van der Waals surface area contributed by atoms with Crippen molar-refractivity contribution in [3.05, 3.63) is 46.8 Å². The van der Waals surface area contributed by atoms with Gasteiger partial charge in [-0.2, -0.15) is 5.10 Å². The molecule has 0 fully saturated rings. The van der Waals surface area contributed by atoms with Crippen molar-refractivity contribution in [1.29, 1.82) is 0 Å². The number of aromatic nitrogens is 2. The molecule has 7 nitrogen and oxygen atoms in total. The highest BCUT2D eigenvalue weighted by molar-refractivity contribution is 5.96. The lowest BCUT2D eigenvalue weighted by Gasteiger charge is -2.14. The average molecular weight is 359 g/mol. The number of ether oxygens (including phenoxy) is 1. The third-order valence-corrected chi connectivity index (χ3v) is 4.31. The van der Waals surface area contributed by atoms with E-state index >= 15 is 0 Å². The highest BCUT2D eigenvalue weighted by Gasteiger charge is 2.22. The third-order valence-electron chi connectivity index (χ3n) is 4.31. The van der Waals surface area contributed by atoms with Crippen molar-refractivity contribution in [2.45, 2.75) is 27.2 Å². The third kappa shape index (κ3) is 4.62. The fourth-order valence-corrected chi connectivity index (χ4v) is 2.83. The maximum absolute atomic E-state index is 12.4. The van der Waals surface area contributed by atoms with Crippen LogP contribution in [0.2, 0.25) is 0 Å². The molecule has 0 aliphatic carbocycles. The summed E-state index contributed by atoms with van der Waals surface area (Å²) in [4.78, 5) is 24.0. The quantitative estimate of drug-likeness (QED) is 0.753. The molecule has 0 aliphatic heterocycles. The van der Waals surface area contributed by atoms with Crippen LogP contribution in [0.5, 0.6) is 5.75 Å². The molecule has 0 bridgehead atoms. The van der Waals surface area contributed by atoms with Crippen molar-refractivity contribution < 1.29 is 19.4 Å². The Balaban J connectivity index is 2.02. The van der Waals surface area contributed by atoms with Gasteiger partial charge in [0.1, 0.15) is 5.75 Å². The lowest BCUT2D eigenvalue weighted by molar-refractivity contribution is -0.141. The summed E-state index contributed by atoms with van der Waals surface area (Å²) in [5.74, 6) is -1.21. The van der Waals surface area contributed by atoms with E-state index in [1.54, 1.807) is 18.7 Å². The summed E-state index contributed by atoms with van der Waals surface area (Å²) < 4.78 is 7.02. The average Bonchev–Trinajstić information content (AvgIpc) is 2.85. The molecule has 1 aromatic heterocycles. The van der Waals surface area contributed by atoms with Crippen LogP contribution in [0.15, 0.2) is 24.3 Å². The summed E-state index contributed by atoms with van der Waals surface area (Å²) >= 11 is 0. The van der Waals surface area contributed by atoms with Crippen LogP contribution < -0.4 is 10.1 Å². The Morgan fingerprint density at radius 2 is 1.92 bits per heavy atom. The first-order valence-corrected chi connectivity index (χ1v) is 8.56. The molecule has 2 N–H and O–H groups in total. The number of carbonyl (C=O) groups excluding carboxylic acids is 1. The standard InChI is InChI=1S/C19H25N3O4/c1-5-26-16-8-6-14(7-9-16)10-15(19(24)25)11-20-18(23)17-12(2)21-22(4)13(17)3/h6-9,15H,5,10-11H2,1-4H3,(H,20,23)(H,24,25). The van der Waals surface area contributed by atoms with Gasteiger partial charge < -0.3 is 15.2 Å². The highest BCUT2D eigenvalue weighted by Crippen LogP contribution is 2.16. The van der Waals surface area contributed by atoms with E-state index in [0.717, 1.165) is 17.0 Å². The number of aryl methyl sites for hydroxylation is 2. The van der Waals surface area contributed by atoms with Crippen LogP contribution >= 0.6 is 0 Å². The maximum atomic E-state index is 12.4. The number of rotatable bonds is 8. The first kappa shape index (κ1) is 19.5. The molecule has 0 spiro atoms. The minimum Gasteiger partial charge on any atom is -0.494 e. The minimum atomic E-state index is -0.946. The number of hydrogen-bond acceptors (Lipinski definition) is 4. The molecule has 1 heterocycles. The van der Waals surface area contributed by atoms with Gasteiger partial charge in [-0.15, -0.1) is 0 Å². The van der Waals surface area contributed by atoms with E-state index in [2.05, 4.69) is 10.4 Å². The molecule has 1 amide bonds. The van der Waals surface area contributed by atoms with Crippen LogP contribution in [0.25, 0.3) is 0 Å². The monoisotopic (exact) mass is 359 g/mol. The number of aliphatic carboxylic acids is 1. The molecular formula is C19H25N3O4. The molecule has 0 saturated heterocycles. The number of carbonyl (C=O) groups is 2. The van der Waals surface area contributed by atoms with Crippen molar-refractivity contribution in [1.82, 2.24) is 15.1 Å². The Morgan fingerprint density at radius 3 is 2.42 bits per heavy atom. The summed E-state index contributed by atoms with van der Waals surface area (Å²) in [6, 6.07) is 7.33. The van der Waals surface area contributed by atoms with E-state index < -0.39 is 11.9 Å². The molecule has 2 rings (SSSR count). The topological polar surface area (TPSA) is 93.5 Å². The lowest BCUT2D eigenvalue weighted by atomic mass is 9.99. The SMILES string of the molecule is CCOc1ccc(CC(CNC(=O)c2c(C)nn(C)c2C)C(=O)O)cc1. The fraction of sp³-hybridized carbons (Fsp3) is 0.421. The number of benzene rings is 1. The Hall–Kier alpha value is -2.83. The number of nitrogens with zero attached hydrogens (tertiary/aromatic N) is 2. The van der Waals surface area contributed by atoms with E-state index in [1.165, 1.54) is 0 Å². The second-order valence-corrected chi connectivity index (χ2v) is 6.20. The van der Waals surface area contributed by atoms with Crippen molar-refractivity contribution in [3.63, 3.8) is 0 Å². The van der Waals surface area contributed by atoms with Gasteiger partial charge in [0.05, 0.1) is 23.8 Å². The molecule has 0 aliphatic rings. The van der Waals surface area contributed by atoms with Gasteiger partial charge in [-0.3, -0.25) is 14.3 Å². The Labute approximate surface area is 153 Å². The molecule has 1 atom stereocenters. The van der Waals surface area contributed by atoms with Gasteiger partial charge in [0, 0.05) is 19.3 Å². The van der Waals surface area contributed by atoms with Crippen LogP contribution in [0.4, 0.5) is 0 Å². The van der Waals surface area contributed by atoms with Crippen LogP contribution in [0.1, 0.15) is 34.2 Å². The van der Waals surface area contributed by atoms with Gasteiger partial charge in [0.25, 0.3) is 5.91 Å². The van der Waals surface area contributed by atoms with Crippen LogP contribution in [-0.2, 0) is 18.3 Å². The molecule has 140 valence electrons. The van der Waals surface area contributed by atoms with Gasteiger partial charge in [-0.1, -0.05) is 12.1 Å². The molecular weight excluding hydrogens is 334 g/mol. The Morgan fingerprint density at radius 1 is 1.27 bits per heavy atom. The van der Waals surface area contributed by atoms with Gasteiger partial charge in [0.15, 0.2) is 0 Å². The van der Waals surface area contributed by atoms with E-state index in [-0.39, 0.29) is 12.5 Å². The van der Waals surface area contributed by atoms with E-state index in [9.17, 15) is 14.7 Å². The second-order valence-electron chi connectivity index (χ2n) is 6.20. The van der Waals surface area contributed by atoms with Crippen molar-refractivity contribution in [2.75, 3.05) is 13.2 Å². The smallest absolute Gasteiger partial charge is 0.308 e. The molecule has 1 unspecified atom stereocenters. The Kier molecular flexibility index (Phi) is 6.38. The van der Waals surface area contributed by atoms with Crippen LogP contribution in [-0.4, -0.2) is 39.9 Å². The first-order chi connectivity index (χ1) is 12.3. The molecule has 1 aromatic carbocycles. The van der Waals surface area contributed by atoms with Gasteiger partial charge >= 0.3 is 5.97 Å². The molecule has 0 saturated carbocycles. The molecule has 7 heteroatoms. The van der Waals surface area contributed by atoms with Gasteiger partial charge in [0.2, 0.25) is 0 Å². The predicted octanol–water partition coefficient (Wildman–Crippen LogP) is 2.11. The van der Waals surface area contributed by atoms with Gasteiger partial charge in [-0.05, 0) is 44.9 Å². The van der Waals surface area contributed by atoms with Crippen molar-refractivity contribution in [2.24, 2.45) is 13.0 Å². The van der Waals surface area contributed by atoms with Crippen LogP contribution in [0.3, 0.4) is 0 Å². The van der Waals surface area contributed by atoms with E-state index in [0.29, 0.717) is 24.3 Å². The summed E-state index contributed by atoms with van der Waals surface area (Å²) in [6.07, 6.45) is 0.326. The van der Waals surface area contributed by atoms with E-state index in [4.69, 9.17) is 4.74 Å². The normalized spacial score (nSPS) is 11.8. The maximum Gasteiger partial charge on any atom is 0.308 e. The summed E-state index contributed by atoms with van der Waals surface area (Å²) in [5, 5.41) is 16.4. The predicted molar refractivity (Wildman–Crippen MR) is 97.5 cm³/mol. The zero-order valence-corrected chi connectivity index (χ0v) is 15.6. The van der Waals surface area contributed by atoms with Gasteiger partial charge in [-0.25, -0.2) is 0 Å². The molecule has 26 heavy (non-hydrogen) atoms. The van der Waals surface area contributed by atoms with Crippen molar-refractivity contribution in [3.8, 4) is 5.75 Å². The van der Waals surface area contributed by atoms with Crippen molar-refractivity contribution >= 4 is 11.9 Å². The number of carboxylic acids is 1. The highest BCUT2D eigenvalue weighted by atomic mass is 16.5.